The highest BCUT2D eigenvalue weighted by Gasteiger charge is 2.21. The lowest BCUT2D eigenvalue weighted by Crippen LogP contribution is -2.47. The summed E-state index contributed by atoms with van der Waals surface area (Å²) >= 11 is 3.69. The van der Waals surface area contributed by atoms with E-state index >= 15 is 0 Å². The van der Waals surface area contributed by atoms with Crippen molar-refractivity contribution in [2.75, 3.05) is 69.7 Å². The molecule has 2 aliphatic heterocycles. The second-order valence-electron chi connectivity index (χ2n) is 10.3. The Morgan fingerprint density at radius 2 is 1.81 bits per heavy atom. The molecule has 0 atom stereocenters. The standard InChI is InChI=1S/C27H38BrN7O/c1-19(2)36-17-16-34-12-14-35(15-13-34)22-6-4-20(5-7-22)26-31-25-24(23(28)18-29-27(25)32-26)30-21-8-10-33(3)11-9-21/h4-7,18-19,21H,8-17H2,1-3H3,(H2,29,30,31,32). The minimum atomic E-state index is 0.302. The number of aromatic amines is 1. The summed E-state index contributed by atoms with van der Waals surface area (Å²) in [6, 6.07) is 9.19. The molecular weight excluding hydrogens is 518 g/mol. The predicted molar refractivity (Wildman–Crippen MR) is 151 cm³/mol. The Bertz CT molecular complexity index is 1130. The molecule has 194 valence electrons. The molecule has 4 heterocycles. The topological polar surface area (TPSA) is 72.6 Å². The fourth-order valence-corrected chi connectivity index (χ4v) is 5.44. The lowest BCUT2D eigenvalue weighted by molar-refractivity contribution is 0.0579. The average Bonchev–Trinajstić information content (AvgIpc) is 3.32. The van der Waals surface area contributed by atoms with E-state index < -0.39 is 0 Å². The Labute approximate surface area is 222 Å². The Hall–Kier alpha value is -2.20. The van der Waals surface area contributed by atoms with Gasteiger partial charge in [0.2, 0.25) is 0 Å². The summed E-state index contributed by atoms with van der Waals surface area (Å²) < 4.78 is 6.67. The molecule has 0 radical (unpaired) electrons. The summed E-state index contributed by atoms with van der Waals surface area (Å²) in [5.41, 5.74) is 5.07. The van der Waals surface area contributed by atoms with E-state index in [-0.39, 0.29) is 0 Å². The van der Waals surface area contributed by atoms with Crippen LogP contribution in [0.15, 0.2) is 34.9 Å². The van der Waals surface area contributed by atoms with Gasteiger partial charge >= 0.3 is 0 Å². The van der Waals surface area contributed by atoms with Crippen molar-refractivity contribution in [1.29, 1.82) is 0 Å². The van der Waals surface area contributed by atoms with Crippen molar-refractivity contribution in [2.45, 2.75) is 38.8 Å². The van der Waals surface area contributed by atoms with Crippen LogP contribution in [0.2, 0.25) is 0 Å². The number of halogens is 1. The van der Waals surface area contributed by atoms with E-state index in [9.17, 15) is 0 Å². The van der Waals surface area contributed by atoms with E-state index in [1.807, 2.05) is 6.20 Å². The minimum Gasteiger partial charge on any atom is -0.379 e. The molecule has 2 aliphatic rings. The quantitative estimate of drug-likeness (QED) is 0.425. The average molecular weight is 557 g/mol. The predicted octanol–water partition coefficient (Wildman–Crippen LogP) is 4.44. The largest absolute Gasteiger partial charge is 0.379 e. The van der Waals surface area contributed by atoms with Gasteiger partial charge in [0.25, 0.3) is 0 Å². The van der Waals surface area contributed by atoms with Gasteiger partial charge in [-0.3, -0.25) is 4.90 Å². The number of hydrogen-bond donors (Lipinski definition) is 2. The van der Waals surface area contributed by atoms with E-state index in [2.05, 4.69) is 91.1 Å². The van der Waals surface area contributed by atoms with Crippen molar-refractivity contribution in [3.63, 3.8) is 0 Å². The smallest absolute Gasteiger partial charge is 0.159 e. The van der Waals surface area contributed by atoms with Gasteiger partial charge in [0, 0.05) is 56.2 Å². The van der Waals surface area contributed by atoms with E-state index in [1.165, 1.54) is 5.69 Å². The van der Waals surface area contributed by atoms with Crippen molar-refractivity contribution in [2.24, 2.45) is 0 Å². The molecule has 2 N–H and O–H groups in total. The molecule has 0 aliphatic carbocycles. The van der Waals surface area contributed by atoms with Crippen LogP contribution in [0.1, 0.15) is 26.7 Å². The molecule has 0 saturated carbocycles. The first-order chi connectivity index (χ1) is 17.5. The number of hydrogen-bond acceptors (Lipinski definition) is 7. The summed E-state index contributed by atoms with van der Waals surface area (Å²) in [4.78, 5) is 20.3. The van der Waals surface area contributed by atoms with Gasteiger partial charge in [0.15, 0.2) is 5.65 Å². The van der Waals surface area contributed by atoms with Crippen LogP contribution in [0.25, 0.3) is 22.6 Å². The highest BCUT2D eigenvalue weighted by molar-refractivity contribution is 9.10. The maximum atomic E-state index is 5.71. The zero-order valence-corrected chi connectivity index (χ0v) is 23.2. The van der Waals surface area contributed by atoms with E-state index in [0.717, 1.165) is 98.0 Å². The molecule has 3 aromatic rings. The zero-order chi connectivity index (χ0) is 25.1. The maximum absolute atomic E-state index is 5.71. The van der Waals surface area contributed by atoms with Crippen molar-refractivity contribution < 1.29 is 4.74 Å². The lowest BCUT2D eigenvalue weighted by atomic mass is 10.1. The van der Waals surface area contributed by atoms with Crippen LogP contribution in [-0.4, -0.2) is 96.4 Å². The Kier molecular flexibility index (Phi) is 8.10. The molecule has 0 spiro atoms. The number of pyridine rings is 1. The first-order valence-corrected chi connectivity index (χ1v) is 13.9. The van der Waals surface area contributed by atoms with Gasteiger partial charge in [-0.25, -0.2) is 9.97 Å². The fraction of sp³-hybridized carbons (Fsp3) is 0.556. The number of anilines is 2. The van der Waals surface area contributed by atoms with Crippen LogP contribution < -0.4 is 10.2 Å². The molecule has 36 heavy (non-hydrogen) atoms. The zero-order valence-electron chi connectivity index (χ0n) is 21.6. The molecule has 1 aromatic carbocycles. The summed E-state index contributed by atoms with van der Waals surface area (Å²) in [6.07, 6.45) is 4.42. The van der Waals surface area contributed by atoms with E-state index in [1.54, 1.807) is 0 Å². The third-order valence-corrected chi connectivity index (χ3v) is 7.87. The number of aromatic nitrogens is 3. The third-order valence-electron chi connectivity index (χ3n) is 7.27. The normalized spacial score (nSPS) is 18.4. The first kappa shape index (κ1) is 25.4. The van der Waals surface area contributed by atoms with Crippen LogP contribution in [0, 0.1) is 0 Å². The van der Waals surface area contributed by atoms with E-state index in [0.29, 0.717) is 12.1 Å². The molecule has 2 saturated heterocycles. The Balaban J connectivity index is 1.24. The number of nitrogens with one attached hydrogen (secondary N) is 2. The van der Waals surface area contributed by atoms with Gasteiger partial charge in [-0.15, -0.1) is 0 Å². The number of imidazole rings is 1. The molecule has 2 aromatic heterocycles. The number of likely N-dealkylation sites (tertiary alicyclic amines) is 1. The number of H-pyrrole nitrogens is 1. The number of ether oxygens (including phenoxy) is 1. The van der Waals surface area contributed by atoms with E-state index in [4.69, 9.17) is 9.72 Å². The minimum absolute atomic E-state index is 0.302. The van der Waals surface area contributed by atoms with Gasteiger partial charge < -0.3 is 24.8 Å². The second-order valence-corrected chi connectivity index (χ2v) is 11.1. The van der Waals surface area contributed by atoms with Gasteiger partial charge in [0.05, 0.1) is 22.9 Å². The van der Waals surface area contributed by atoms with Crippen molar-refractivity contribution in [3.05, 3.63) is 34.9 Å². The molecule has 2 fully saturated rings. The molecule has 8 nitrogen and oxygen atoms in total. The van der Waals surface area contributed by atoms with Gasteiger partial charge in [-0.2, -0.15) is 0 Å². The third kappa shape index (κ3) is 6.02. The monoisotopic (exact) mass is 555 g/mol. The van der Waals surface area contributed by atoms with Crippen LogP contribution in [0.4, 0.5) is 11.4 Å². The molecule has 5 rings (SSSR count). The van der Waals surface area contributed by atoms with Crippen LogP contribution in [-0.2, 0) is 4.74 Å². The van der Waals surface area contributed by atoms with Gasteiger partial charge in [-0.05, 0) is 87.0 Å². The second kappa shape index (κ2) is 11.5. The summed E-state index contributed by atoms with van der Waals surface area (Å²) in [5, 5.41) is 3.74. The van der Waals surface area contributed by atoms with Gasteiger partial charge in [0.1, 0.15) is 11.3 Å². The van der Waals surface area contributed by atoms with Gasteiger partial charge in [-0.1, -0.05) is 0 Å². The summed E-state index contributed by atoms with van der Waals surface area (Å²) in [7, 11) is 2.19. The SMILES string of the molecule is CC(C)OCCN1CCN(c2ccc(-c3nc4c(NC5CCN(C)CC5)c(Br)cnc4[nH]3)cc2)CC1. The fourth-order valence-electron chi connectivity index (χ4n) is 5.04. The molecular formula is C27H38BrN7O. The molecule has 0 bridgehead atoms. The number of fused-ring (bicyclic) bond motifs is 1. The maximum Gasteiger partial charge on any atom is 0.159 e. The number of rotatable bonds is 8. The lowest BCUT2D eigenvalue weighted by Gasteiger charge is -2.36. The number of benzene rings is 1. The molecule has 9 heteroatoms. The van der Waals surface area contributed by atoms with Crippen molar-refractivity contribution in [3.8, 4) is 11.4 Å². The highest BCUT2D eigenvalue weighted by Crippen LogP contribution is 2.32. The molecule has 0 unspecified atom stereocenters. The number of piperazine rings is 1. The van der Waals surface area contributed by atoms with Crippen molar-refractivity contribution >= 4 is 38.5 Å². The number of nitrogens with zero attached hydrogens (tertiary/aromatic N) is 5. The molecule has 0 amide bonds. The Morgan fingerprint density at radius 1 is 1.08 bits per heavy atom. The summed E-state index contributed by atoms with van der Waals surface area (Å²) in [5.74, 6) is 0.851. The highest BCUT2D eigenvalue weighted by atomic mass is 79.9. The Morgan fingerprint density at radius 3 is 2.50 bits per heavy atom. The van der Waals surface area contributed by atoms with Crippen LogP contribution in [0.3, 0.4) is 0 Å². The summed E-state index contributed by atoms with van der Waals surface area (Å²) in [6.45, 7) is 12.4. The van der Waals surface area contributed by atoms with Crippen LogP contribution >= 0.6 is 15.9 Å². The number of piperidine rings is 1. The van der Waals surface area contributed by atoms with Crippen molar-refractivity contribution in [1.82, 2.24) is 24.8 Å². The first-order valence-electron chi connectivity index (χ1n) is 13.1. The van der Waals surface area contributed by atoms with Crippen LogP contribution in [0.5, 0.6) is 0 Å².